The van der Waals surface area contributed by atoms with Gasteiger partial charge in [-0.3, -0.25) is 9.59 Å². The highest BCUT2D eigenvalue weighted by atomic mass is 79.9. The molecule has 0 unspecified atom stereocenters. The highest BCUT2D eigenvalue weighted by Gasteiger charge is 2.16. The number of carbonyl (C=O) groups is 2. The summed E-state index contributed by atoms with van der Waals surface area (Å²) < 4.78 is 0.706. The molecule has 0 radical (unpaired) electrons. The molecule has 150 valence electrons. The Morgan fingerprint density at radius 3 is 2.18 bits per heavy atom. The number of nitrogens with one attached hydrogen (secondary N) is 2. The molecule has 2 amide bonds. The predicted octanol–water partition coefficient (Wildman–Crippen LogP) is 4.45. The molecule has 0 atom stereocenters. The van der Waals surface area contributed by atoms with Crippen molar-refractivity contribution in [3.05, 3.63) is 68.7 Å². The van der Waals surface area contributed by atoms with Crippen LogP contribution in [0.3, 0.4) is 0 Å². The Morgan fingerprint density at radius 1 is 1.00 bits per heavy atom. The van der Waals surface area contributed by atoms with Crippen molar-refractivity contribution in [1.29, 1.82) is 0 Å². The summed E-state index contributed by atoms with van der Waals surface area (Å²) in [7, 11) is 0. The van der Waals surface area contributed by atoms with Crippen LogP contribution in [-0.2, 0) is 16.6 Å². The van der Waals surface area contributed by atoms with Crippen LogP contribution in [0.4, 0.5) is 0 Å². The molecule has 0 heterocycles. The molecule has 28 heavy (non-hydrogen) atoms. The van der Waals surface area contributed by atoms with E-state index in [1.165, 1.54) is 22.3 Å². The van der Waals surface area contributed by atoms with Crippen LogP contribution < -0.4 is 10.6 Å². The number of halogens is 1. The fraction of sp³-hybridized carbons (Fsp3) is 0.391. The number of benzene rings is 2. The van der Waals surface area contributed by atoms with Crippen LogP contribution in [0.5, 0.6) is 0 Å². The first kappa shape index (κ1) is 22.2. The van der Waals surface area contributed by atoms with Crippen LogP contribution in [0, 0.1) is 13.8 Å². The third kappa shape index (κ3) is 5.93. The fourth-order valence-corrected chi connectivity index (χ4v) is 3.58. The number of amides is 2. The summed E-state index contributed by atoms with van der Waals surface area (Å²) in [5.74, 6) is -0.464. The van der Waals surface area contributed by atoms with Crippen LogP contribution in [0.1, 0.15) is 53.4 Å². The fourth-order valence-electron chi connectivity index (χ4n) is 3.11. The van der Waals surface area contributed by atoms with Crippen molar-refractivity contribution in [3.63, 3.8) is 0 Å². The van der Waals surface area contributed by atoms with Crippen LogP contribution in [0.15, 0.2) is 40.9 Å². The maximum atomic E-state index is 12.1. The predicted molar refractivity (Wildman–Crippen MR) is 118 cm³/mol. The van der Waals surface area contributed by atoms with Crippen LogP contribution in [-0.4, -0.2) is 24.9 Å². The summed E-state index contributed by atoms with van der Waals surface area (Å²) in [5, 5.41) is 5.54. The highest BCUT2D eigenvalue weighted by molar-refractivity contribution is 9.10. The lowest BCUT2D eigenvalue weighted by Gasteiger charge is -2.22. The van der Waals surface area contributed by atoms with Gasteiger partial charge in [0.1, 0.15) is 0 Å². The Hall–Kier alpha value is -2.14. The van der Waals surface area contributed by atoms with E-state index in [-0.39, 0.29) is 23.8 Å². The summed E-state index contributed by atoms with van der Waals surface area (Å²) in [6.45, 7) is 11.4. The molecule has 2 N–H and O–H groups in total. The van der Waals surface area contributed by atoms with E-state index < -0.39 is 0 Å². The molecule has 0 aliphatic heterocycles. The summed E-state index contributed by atoms with van der Waals surface area (Å²) in [5.41, 5.74) is 5.73. The van der Waals surface area contributed by atoms with Crippen molar-refractivity contribution in [2.24, 2.45) is 0 Å². The van der Waals surface area contributed by atoms with Crippen molar-refractivity contribution in [2.45, 2.75) is 46.5 Å². The number of hydrogen-bond donors (Lipinski definition) is 2. The van der Waals surface area contributed by atoms with Crippen LogP contribution in [0.2, 0.25) is 0 Å². The van der Waals surface area contributed by atoms with Gasteiger partial charge in [-0.15, -0.1) is 0 Å². The van der Waals surface area contributed by atoms with E-state index in [1.54, 1.807) is 18.2 Å². The lowest BCUT2D eigenvalue weighted by atomic mass is 9.83. The van der Waals surface area contributed by atoms with E-state index in [0.29, 0.717) is 16.6 Å². The summed E-state index contributed by atoms with van der Waals surface area (Å²) in [4.78, 5) is 24.2. The first-order valence-electron chi connectivity index (χ1n) is 9.49. The minimum Gasteiger partial charge on any atom is -0.354 e. The van der Waals surface area contributed by atoms with Crippen molar-refractivity contribution >= 4 is 27.7 Å². The molecule has 0 aromatic heterocycles. The first-order valence-corrected chi connectivity index (χ1v) is 10.3. The third-order valence-electron chi connectivity index (χ3n) is 4.79. The third-order valence-corrected chi connectivity index (χ3v) is 5.48. The van der Waals surface area contributed by atoms with E-state index in [2.05, 4.69) is 73.3 Å². The standard InChI is InChI=1S/C23H29BrN2O2/c1-15-12-17(23(3,4)5)13-16(2)18(15)10-11-25-21(27)14-26-22(28)19-8-6-7-9-20(19)24/h6-9,12-13H,10-11,14H2,1-5H3,(H,25,27)(H,26,28). The molecule has 0 bridgehead atoms. The minimum atomic E-state index is -0.271. The van der Waals surface area contributed by atoms with Gasteiger partial charge < -0.3 is 10.6 Å². The van der Waals surface area contributed by atoms with Gasteiger partial charge in [-0.05, 0) is 76.0 Å². The number of aryl methyl sites for hydroxylation is 2. The maximum absolute atomic E-state index is 12.1. The van der Waals surface area contributed by atoms with Gasteiger partial charge in [0.05, 0.1) is 12.1 Å². The van der Waals surface area contributed by atoms with Crippen molar-refractivity contribution in [2.75, 3.05) is 13.1 Å². The molecular weight excluding hydrogens is 416 g/mol. The molecule has 0 aliphatic rings. The van der Waals surface area contributed by atoms with Crippen molar-refractivity contribution < 1.29 is 9.59 Å². The van der Waals surface area contributed by atoms with E-state index in [4.69, 9.17) is 0 Å². The zero-order valence-electron chi connectivity index (χ0n) is 17.3. The second-order valence-electron chi connectivity index (χ2n) is 8.10. The molecule has 0 spiro atoms. The van der Waals surface area contributed by atoms with Gasteiger partial charge in [-0.25, -0.2) is 0 Å². The highest BCUT2D eigenvalue weighted by Crippen LogP contribution is 2.27. The summed E-state index contributed by atoms with van der Waals surface area (Å²) in [6, 6.07) is 11.6. The minimum absolute atomic E-state index is 0.0406. The zero-order chi connectivity index (χ0) is 20.9. The van der Waals surface area contributed by atoms with Gasteiger partial charge in [-0.1, -0.05) is 45.0 Å². The van der Waals surface area contributed by atoms with Crippen LogP contribution in [0.25, 0.3) is 0 Å². The topological polar surface area (TPSA) is 58.2 Å². The molecule has 0 fully saturated rings. The molecule has 2 rings (SSSR count). The van der Waals surface area contributed by atoms with Gasteiger partial charge in [0.15, 0.2) is 0 Å². The normalized spacial score (nSPS) is 11.2. The molecular formula is C23H29BrN2O2. The van der Waals surface area contributed by atoms with Gasteiger partial charge in [0, 0.05) is 11.0 Å². The average molecular weight is 445 g/mol. The van der Waals surface area contributed by atoms with Crippen LogP contribution >= 0.6 is 15.9 Å². The number of hydrogen-bond acceptors (Lipinski definition) is 2. The lowest BCUT2D eigenvalue weighted by molar-refractivity contribution is -0.120. The maximum Gasteiger partial charge on any atom is 0.252 e. The monoisotopic (exact) mass is 444 g/mol. The molecule has 0 aliphatic carbocycles. The van der Waals surface area contributed by atoms with Gasteiger partial charge in [0.25, 0.3) is 5.91 Å². The molecule has 0 saturated heterocycles. The Bertz CT molecular complexity index is 846. The first-order chi connectivity index (χ1) is 13.1. The second-order valence-corrected chi connectivity index (χ2v) is 8.96. The zero-order valence-corrected chi connectivity index (χ0v) is 18.9. The smallest absolute Gasteiger partial charge is 0.252 e. The van der Waals surface area contributed by atoms with Gasteiger partial charge in [-0.2, -0.15) is 0 Å². The largest absolute Gasteiger partial charge is 0.354 e. The quantitative estimate of drug-likeness (QED) is 0.690. The SMILES string of the molecule is Cc1cc(C(C)(C)C)cc(C)c1CCNC(=O)CNC(=O)c1ccccc1Br. The van der Waals surface area contributed by atoms with Gasteiger partial charge >= 0.3 is 0 Å². The Balaban J connectivity index is 1.86. The van der Waals surface area contributed by atoms with E-state index >= 15 is 0 Å². The van der Waals surface area contributed by atoms with Crippen molar-refractivity contribution in [1.82, 2.24) is 10.6 Å². The van der Waals surface area contributed by atoms with E-state index in [0.717, 1.165) is 6.42 Å². The molecule has 5 heteroatoms. The Morgan fingerprint density at radius 2 is 1.61 bits per heavy atom. The summed E-state index contributed by atoms with van der Waals surface area (Å²) in [6.07, 6.45) is 0.770. The number of carbonyl (C=O) groups excluding carboxylic acids is 2. The average Bonchev–Trinajstić information content (AvgIpc) is 2.61. The van der Waals surface area contributed by atoms with Gasteiger partial charge in [0.2, 0.25) is 5.91 Å². The van der Waals surface area contributed by atoms with E-state index in [9.17, 15) is 9.59 Å². The van der Waals surface area contributed by atoms with Crippen molar-refractivity contribution in [3.8, 4) is 0 Å². The molecule has 2 aromatic rings. The Kier molecular flexibility index (Phi) is 7.41. The molecule has 4 nitrogen and oxygen atoms in total. The summed E-state index contributed by atoms with van der Waals surface area (Å²) >= 11 is 3.34. The molecule has 0 saturated carbocycles. The molecule has 2 aromatic carbocycles. The number of rotatable bonds is 6. The van der Waals surface area contributed by atoms with E-state index in [1.807, 2.05) is 6.07 Å². The second kappa shape index (κ2) is 9.37. The lowest BCUT2D eigenvalue weighted by Crippen LogP contribution is -2.37. The Labute approximate surface area is 176 Å².